The molecule has 0 aliphatic rings. The smallest absolute Gasteiger partial charge is 0.252 e. The number of nitrogens with one attached hydrogen (secondary N) is 1. The van der Waals surface area contributed by atoms with Crippen molar-refractivity contribution in [3.05, 3.63) is 101 Å². The molecule has 2 aromatic carbocycles. The maximum atomic E-state index is 12.6. The molecular formula is C20H18N2O. The molecule has 0 aliphatic carbocycles. The van der Waals surface area contributed by atoms with Gasteiger partial charge in [0.1, 0.15) is 0 Å². The van der Waals surface area contributed by atoms with Crippen LogP contribution in [0.4, 0.5) is 0 Å². The fourth-order valence-corrected chi connectivity index (χ4v) is 2.55. The summed E-state index contributed by atoms with van der Waals surface area (Å²) in [7, 11) is 0. The molecule has 1 amide bonds. The van der Waals surface area contributed by atoms with Gasteiger partial charge in [0.25, 0.3) is 5.91 Å². The van der Waals surface area contributed by atoms with E-state index < -0.39 is 0 Å². The van der Waals surface area contributed by atoms with Gasteiger partial charge in [-0.2, -0.15) is 0 Å². The van der Waals surface area contributed by atoms with Crippen LogP contribution in [0.2, 0.25) is 0 Å². The van der Waals surface area contributed by atoms with Crippen molar-refractivity contribution in [1.82, 2.24) is 10.3 Å². The van der Waals surface area contributed by atoms with Crippen molar-refractivity contribution in [3.8, 4) is 0 Å². The number of carbonyl (C=O) groups excluding carboxylic acids is 1. The topological polar surface area (TPSA) is 42.0 Å². The average Bonchev–Trinajstić information content (AvgIpc) is 2.61. The summed E-state index contributed by atoms with van der Waals surface area (Å²) in [6.07, 6.45) is 3.52. The zero-order valence-corrected chi connectivity index (χ0v) is 12.9. The van der Waals surface area contributed by atoms with E-state index in [2.05, 4.69) is 10.3 Å². The minimum atomic E-state index is -0.224. The van der Waals surface area contributed by atoms with Crippen LogP contribution < -0.4 is 5.32 Å². The van der Waals surface area contributed by atoms with Crippen LogP contribution in [0.5, 0.6) is 0 Å². The highest BCUT2D eigenvalue weighted by molar-refractivity contribution is 5.94. The van der Waals surface area contributed by atoms with Gasteiger partial charge in [0, 0.05) is 18.0 Å². The van der Waals surface area contributed by atoms with Gasteiger partial charge in [-0.25, -0.2) is 0 Å². The zero-order valence-electron chi connectivity index (χ0n) is 12.9. The summed E-state index contributed by atoms with van der Waals surface area (Å²) < 4.78 is 0. The summed E-state index contributed by atoms with van der Waals surface area (Å²) in [6.45, 7) is 1.98. The van der Waals surface area contributed by atoms with Crippen LogP contribution in [-0.2, 0) is 0 Å². The van der Waals surface area contributed by atoms with Crippen molar-refractivity contribution in [2.75, 3.05) is 0 Å². The highest BCUT2D eigenvalue weighted by Gasteiger charge is 2.17. The number of amides is 1. The lowest BCUT2D eigenvalue weighted by Crippen LogP contribution is -2.29. The molecule has 23 heavy (non-hydrogen) atoms. The second kappa shape index (κ2) is 6.88. The lowest BCUT2D eigenvalue weighted by atomic mass is 9.99. The predicted molar refractivity (Wildman–Crippen MR) is 91.2 cm³/mol. The Morgan fingerprint density at radius 2 is 1.74 bits per heavy atom. The summed E-state index contributed by atoms with van der Waals surface area (Å²) in [5.74, 6) is -0.0913. The molecule has 0 fully saturated rings. The molecule has 0 radical (unpaired) electrons. The fraction of sp³-hybridized carbons (Fsp3) is 0.100. The summed E-state index contributed by atoms with van der Waals surface area (Å²) in [5.41, 5.74) is 3.71. The number of aromatic nitrogens is 1. The van der Waals surface area contributed by atoms with Crippen LogP contribution in [-0.4, -0.2) is 10.9 Å². The third kappa shape index (κ3) is 3.64. The quantitative estimate of drug-likeness (QED) is 0.794. The number of hydrogen-bond donors (Lipinski definition) is 1. The molecule has 0 saturated carbocycles. The van der Waals surface area contributed by atoms with Crippen molar-refractivity contribution >= 4 is 5.91 Å². The minimum Gasteiger partial charge on any atom is -0.341 e. The first-order valence-corrected chi connectivity index (χ1v) is 7.56. The first-order chi connectivity index (χ1) is 11.2. The average molecular weight is 302 g/mol. The van der Waals surface area contributed by atoms with E-state index in [9.17, 15) is 4.79 Å². The third-order valence-corrected chi connectivity index (χ3v) is 3.71. The summed E-state index contributed by atoms with van der Waals surface area (Å²) >= 11 is 0. The molecular weight excluding hydrogens is 284 g/mol. The molecule has 3 heteroatoms. The number of hydrogen-bond acceptors (Lipinski definition) is 2. The second-order valence-electron chi connectivity index (χ2n) is 5.47. The number of pyridine rings is 1. The van der Waals surface area contributed by atoms with Gasteiger partial charge >= 0.3 is 0 Å². The van der Waals surface area contributed by atoms with E-state index in [4.69, 9.17) is 0 Å². The van der Waals surface area contributed by atoms with Crippen molar-refractivity contribution in [3.63, 3.8) is 0 Å². The van der Waals surface area contributed by atoms with E-state index in [1.54, 1.807) is 12.4 Å². The highest BCUT2D eigenvalue weighted by atomic mass is 16.1. The summed E-state index contributed by atoms with van der Waals surface area (Å²) in [4.78, 5) is 16.8. The Bertz CT molecular complexity index is 746. The minimum absolute atomic E-state index is 0.0913. The Labute approximate surface area is 136 Å². The van der Waals surface area contributed by atoms with Gasteiger partial charge in [-0.15, -0.1) is 0 Å². The lowest BCUT2D eigenvalue weighted by Gasteiger charge is -2.19. The van der Waals surface area contributed by atoms with Crippen LogP contribution in [0.15, 0.2) is 79.1 Å². The van der Waals surface area contributed by atoms with E-state index >= 15 is 0 Å². The predicted octanol–water partition coefficient (Wildman–Crippen LogP) is 3.91. The van der Waals surface area contributed by atoms with Crippen LogP contribution in [0.3, 0.4) is 0 Å². The maximum Gasteiger partial charge on any atom is 0.252 e. The molecule has 3 nitrogen and oxygen atoms in total. The second-order valence-corrected chi connectivity index (χ2v) is 5.47. The monoisotopic (exact) mass is 302 g/mol. The molecule has 1 aromatic heterocycles. The SMILES string of the molecule is Cc1cccc(C(=O)NC(c2ccccc2)c2cccnc2)c1. The standard InChI is InChI=1S/C20H18N2O/c1-15-7-5-10-17(13-15)20(23)22-19(16-8-3-2-4-9-16)18-11-6-12-21-14-18/h2-14,19H,1H3,(H,22,23). The Morgan fingerprint density at radius 3 is 2.43 bits per heavy atom. The first kappa shape index (κ1) is 15.0. The molecule has 114 valence electrons. The number of aryl methyl sites for hydroxylation is 1. The fourth-order valence-electron chi connectivity index (χ4n) is 2.55. The molecule has 0 aliphatic heterocycles. The zero-order chi connectivity index (χ0) is 16.1. The molecule has 1 unspecified atom stereocenters. The molecule has 0 bridgehead atoms. The van der Waals surface area contributed by atoms with Crippen molar-refractivity contribution in [2.45, 2.75) is 13.0 Å². The van der Waals surface area contributed by atoms with E-state index in [0.717, 1.165) is 16.7 Å². The summed E-state index contributed by atoms with van der Waals surface area (Å²) in [6, 6.07) is 21.1. The molecule has 3 rings (SSSR count). The largest absolute Gasteiger partial charge is 0.341 e. The van der Waals surface area contributed by atoms with E-state index in [0.29, 0.717) is 5.56 Å². The number of benzene rings is 2. The molecule has 3 aromatic rings. The Kier molecular flexibility index (Phi) is 4.48. The molecule has 0 spiro atoms. The number of rotatable bonds is 4. The summed E-state index contributed by atoms with van der Waals surface area (Å²) in [5, 5.41) is 3.11. The molecule has 1 N–H and O–H groups in total. The van der Waals surface area contributed by atoms with Gasteiger partial charge in [0.2, 0.25) is 0 Å². The van der Waals surface area contributed by atoms with E-state index in [1.807, 2.05) is 73.7 Å². The molecule has 0 saturated heterocycles. The van der Waals surface area contributed by atoms with Crippen LogP contribution >= 0.6 is 0 Å². The van der Waals surface area contributed by atoms with Gasteiger partial charge in [0.05, 0.1) is 6.04 Å². The number of nitrogens with zero attached hydrogens (tertiary/aromatic N) is 1. The van der Waals surface area contributed by atoms with Gasteiger partial charge < -0.3 is 5.32 Å². The Morgan fingerprint density at radius 1 is 0.957 bits per heavy atom. The first-order valence-electron chi connectivity index (χ1n) is 7.56. The van der Waals surface area contributed by atoms with Crippen LogP contribution in [0.1, 0.15) is 33.1 Å². The van der Waals surface area contributed by atoms with Gasteiger partial charge in [-0.3, -0.25) is 9.78 Å². The van der Waals surface area contributed by atoms with E-state index in [1.165, 1.54) is 0 Å². The van der Waals surface area contributed by atoms with Crippen LogP contribution in [0.25, 0.3) is 0 Å². The number of carbonyl (C=O) groups is 1. The van der Waals surface area contributed by atoms with Crippen molar-refractivity contribution < 1.29 is 4.79 Å². The lowest BCUT2D eigenvalue weighted by molar-refractivity contribution is 0.0943. The Hall–Kier alpha value is -2.94. The maximum absolute atomic E-state index is 12.6. The molecule has 1 heterocycles. The van der Waals surface area contributed by atoms with Gasteiger partial charge in [-0.05, 0) is 36.2 Å². The Balaban J connectivity index is 1.92. The highest BCUT2D eigenvalue weighted by Crippen LogP contribution is 2.21. The van der Waals surface area contributed by atoms with Gasteiger partial charge in [-0.1, -0.05) is 54.1 Å². The van der Waals surface area contributed by atoms with Crippen molar-refractivity contribution in [1.29, 1.82) is 0 Å². The van der Waals surface area contributed by atoms with Crippen molar-refractivity contribution in [2.24, 2.45) is 0 Å². The van der Waals surface area contributed by atoms with Gasteiger partial charge in [0.15, 0.2) is 0 Å². The van der Waals surface area contributed by atoms with E-state index in [-0.39, 0.29) is 11.9 Å². The van der Waals surface area contributed by atoms with Crippen LogP contribution in [0, 0.1) is 6.92 Å². The normalized spacial score (nSPS) is 11.7. The third-order valence-electron chi connectivity index (χ3n) is 3.71. The molecule has 1 atom stereocenters.